The van der Waals surface area contributed by atoms with E-state index in [0.717, 1.165) is 17.5 Å². The van der Waals surface area contributed by atoms with E-state index in [1.165, 1.54) is 21.1 Å². The Bertz CT molecular complexity index is 967. The van der Waals surface area contributed by atoms with Crippen LogP contribution in [0.2, 0.25) is 0 Å². The molecule has 0 unspecified atom stereocenters. The van der Waals surface area contributed by atoms with Gasteiger partial charge in [-0.05, 0) is 66.5 Å². The van der Waals surface area contributed by atoms with Gasteiger partial charge in [-0.1, -0.05) is 26.0 Å². The van der Waals surface area contributed by atoms with Crippen LogP contribution in [-0.2, 0) is 20.7 Å². The first kappa shape index (κ1) is 27.0. The number of hydrogen-bond donors (Lipinski definition) is 2. The quantitative estimate of drug-likeness (QED) is 0.388. The Labute approximate surface area is 201 Å². The van der Waals surface area contributed by atoms with Gasteiger partial charge in [0.2, 0.25) is 0 Å². The van der Waals surface area contributed by atoms with Crippen LogP contribution in [0.4, 0.5) is 0 Å². The molecule has 0 fully saturated rings. The minimum Gasteiger partial charge on any atom is -0.504 e. The molecule has 0 aliphatic carbocycles. The van der Waals surface area contributed by atoms with Gasteiger partial charge in [-0.2, -0.15) is 0 Å². The summed E-state index contributed by atoms with van der Waals surface area (Å²) in [6, 6.07) is 10.2. The van der Waals surface area contributed by atoms with E-state index in [1.807, 2.05) is 6.07 Å². The maximum atomic E-state index is 13.1. The Kier molecular flexibility index (Phi) is 10.2. The molecule has 2 atom stereocenters. The highest BCUT2D eigenvalue weighted by Gasteiger charge is 2.23. The van der Waals surface area contributed by atoms with Crippen LogP contribution in [0.3, 0.4) is 0 Å². The number of aryl methyl sites for hydroxylation is 1. The summed E-state index contributed by atoms with van der Waals surface area (Å²) in [6.45, 7) is 5.54. The number of phenolic OH excluding ortho intramolecular Hbond substituents is 2. The normalized spacial score (nSPS) is 12.8. The van der Waals surface area contributed by atoms with E-state index in [1.54, 1.807) is 30.3 Å². The third-order valence-electron chi connectivity index (χ3n) is 5.69. The fourth-order valence-corrected chi connectivity index (χ4v) is 4.11. The van der Waals surface area contributed by atoms with Gasteiger partial charge in [-0.15, -0.1) is 0 Å². The average Bonchev–Trinajstić information content (AvgIpc) is 2.77. The number of hydrogen-bond acceptors (Lipinski definition) is 7. The number of benzene rings is 2. The lowest BCUT2D eigenvalue weighted by Crippen LogP contribution is -2.22. The van der Waals surface area contributed by atoms with Crippen molar-refractivity contribution in [1.29, 1.82) is 0 Å². The number of Topliss-reactive ketones (excluding diaryl/α,β-unsaturated/α-hetero) is 1. The number of ether oxygens (including phenoxy) is 3. The van der Waals surface area contributed by atoms with E-state index < -0.39 is 12.1 Å². The number of aromatic hydroxyl groups is 2. The SMILES string of the molecule is COc1cc(CC[C@H](CC(=O)C[C@H](CC(C)C)c2ccc(O)c(OC)c2)OC(C)=O)ccc1O. The van der Waals surface area contributed by atoms with Crippen LogP contribution in [-0.4, -0.2) is 42.3 Å². The van der Waals surface area contributed by atoms with E-state index >= 15 is 0 Å². The average molecular weight is 473 g/mol. The van der Waals surface area contributed by atoms with Gasteiger partial charge in [0.1, 0.15) is 11.9 Å². The molecule has 7 heteroatoms. The Morgan fingerprint density at radius 2 is 1.53 bits per heavy atom. The number of methoxy groups -OCH3 is 2. The van der Waals surface area contributed by atoms with Crippen molar-refractivity contribution in [2.45, 2.75) is 64.9 Å². The smallest absolute Gasteiger partial charge is 0.302 e. The lowest BCUT2D eigenvalue weighted by Gasteiger charge is -2.22. The van der Waals surface area contributed by atoms with E-state index in [-0.39, 0.29) is 29.6 Å². The van der Waals surface area contributed by atoms with E-state index in [4.69, 9.17) is 14.2 Å². The number of carbonyl (C=O) groups excluding carboxylic acids is 2. The molecular formula is C27H36O7. The van der Waals surface area contributed by atoms with E-state index in [2.05, 4.69) is 13.8 Å². The minimum atomic E-state index is -0.543. The van der Waals surface area contributed by atoms with Crippen molar-refractivity contribution in [3.05, 3.63) is 47.5 Å². The van der Waals surface area contributed by atoms with Crippen LogP contribution in [0.5, 0.6) is 23.0 Å². The molecule has 0 aliphatic heterocycles. The molecular weight excluding hydrogens is 436 g/mol. The lowest BCUT2D eigenvalue weighted by atomic mass is 9.85. The van der Waals surface area contributed by atoms with Crippen molar-refractivity contribution in [1.82, 2.24) is 0 Å². The summed E-state index contributed by atoms with van der Waals surface area (Å²) in [5.41, 5.74) is 1.84. The zero-order valence-electron chi connectivity index (χ0n) is 20.7. The van der Waals surface area contributed by atoms with Crippen LogP contribution >= 0.6 is 0 Å². The first-order valence-corrected chi connectivity index (χ1v) is 11.5. The maximum Gasteiger partial charge on any atom is 0.302 e. The van der Waals surface area contributed by atoms with Crippen molar-refractivity contribution in [2.24, 2.45) is 5.92 Å². The number of carbonyl (C=O) groups is 2. The Hall–Kier alpha value is -3.22. The molecule has 2 aromatic rings. The molecule has 0 saturated carbocycles. The van der Waals surface area contributed by atoms with Gasteiger partial charge in [0.05, 0.1) is 14.2 Å². The zero-order chi connectivity index (χ0) is 25.3. The van der Waals surface area contributed by atoms with Gasteiger partial charge in [-0.3, -0.25) is 9.59 Å². The highest BCUT2D eigenvalue weighted by Crippen LogP contribution is 2.34. The molecule has 0 aromatic heterocycles. The summed E-state index contributed by atoms with van der Waals surface area (Å²) in [7, 11) is 2.98. The Morgan fingerprint density at radius 3 is 2.12 bits per heavy atom. The summed E-state index contributed by atoms with van der Waals surface area (Å²) >= 11 is 0. The van der Waals surface area contributed by atoms with Gasteiger partial charge in [-0.25, -0.2) is 0 Å². The fourth-order valence-electron chi connectivity index (χ4n) is 4.11. The van der Waals surface area contributed by atoms with Crippen molar-refractivity contribution in [3.8, 4) is 23.0 Å². The van der Waals surface area contributed by atoms with Crippen molar-refractivity contribution >= 4 is 11.8 Å². The van der Waals surface area contributed by atoms with Gasteiger partial charge in [0, 0.05) is 19.8 Å². The minimum absolute atomic E-state index is 0.00669. The van der Waals surface area contributed by atoms with Gasteiger partial charge < -0.3 is 24.4 Å². The van der Waals surface area contributed by atoms with Gasteiger partial charge >= 0.3 is 5.97 Å². The second-order valence-corrected chi connectivity index (χ2v) is 8.98. The number of ketones is 1. The largest absolute Gasteiger partial charge is 0.504 e. The van der Waals surface area contributed by atoms with Crippen molar-refractivity contribution < 1.29 is 34.0 Å². The lowest BCUT2D eigenvalue weighted by molar-refractivity contribution is -0.147. The van der Waals surface area contributed by atoms with Crippen LogP contribution in [0.25, 0.3) is 0 Å². The van der Waals surface area contributed by atoms with Crippen molar-refractivity contribution in [2.75, 3.05) is 14.2 Å². The maximum absolute atomic E-state index is 13.1. The summed E-state index contributed by atoms with van der Waals surface area (Å²) < 4.78 is 15.8. The third kappa shape index (κ3) is 8.28. The fraction of sp³-hybridized carbons (Fsp3) is 0.481. The van der Waals surface area contributed by atoms with Crippen LogP contribution < -0.4 is 9.47 Å². The van der Waals surface area contributed by atoms with E-state index in [0.29, 0.717) is 36.7 Å². The Balaban J connectivity index is 2.10. The molecule has 0 saturated heterocycles. The third-order valence-corrected chi connectivity index (χ3v) is 5.69. The predicted octanol–water partition coefficient (Wildman–Crippen LogP) is 5.16. The second kappa shape index (κ2) is 12.9. The van der Waals surface area contributed by atoms with Crippen LogP contribution in [0.15, 0.2) is 36.4 Å². The summed E-state index contributed by atoms with van der Waals surface area (Å²) in [5, 5.41) is 19.7. The molecule has 2 rings (SSSR count). The summed E-state index contributed by atoms with van der Waals surface area (Å²) in [6.07, 6.45) is 1.72. The monoisotopic (exact) mass is 472 g/mol. The molecule has 2 N–H and O–H groups in total. The highest BCUT2D eigenvalue weighted by molar-refractivity contribution is 5.80. The molecule has 0 bridgehead atoms. The first-order chi connectivity index (χ1) is 16.1. The summed E-state index contributed by atoms with van der Waals surface area (Å²) in [5.74, 6) is 0.768. The second-order valence-electron chi connectivity index (χ2n) is 8.98. The highest BCUT2D eigenvalue weighted by atomic mass is 16.5. The standard InChI is InChI=1S/C27H36O7/c1-17(2)12-21(20-8-11-25(31)27(15-20)33-5)14-22(29)16-23(34-18(3)28)9-6-19-7-10-24(30)26(13-19)32-4/h7-8,10-11,13,15,17,21,23,30-31H,6,9,12,14,16H2,1-5H3/t21-,23+/m0/s1. The topological polar surface area (TPSA) is 102 Å². The van der Waals surface area contributed by atoms with Gasteiger partial charge in [0.25, 0.3) is 0 Å². The van der Waals surface area contributed by atoms with Crippen LogP contribution in [0, 0.1) is 5.92 Å². The van der Waals surface area contributed by atoms with Gasteiger partial charge in [0.15, 0.2) is 23.0 Å². The van der Waals surface area contributed by atoms with Crippen LogP contribution in [0.1, 0.15) is 63.5 Å². The molecule has 186 valence electrons. The summed E-state index contributed by atoms with van der Waals surface area (Å²) in [4.78, 5) is 24.7. The molecule has 0 radical (unpaired) electrons. The Morgan fingerprint density at radius 1 is 0.912 bits per heavy atom. The first-order valence-electron chi connectivity index (χ1n) is 11.5. The molecule has 0 amide bonds. The molecule has 0 heterocycles. The molecule has 0 aliphatic rings. The van der Waals surface area contributed by atoms with Crippen molar-refractivity contribution in [3.63, 3.8) is 0 Å². The predicted molar refractivity (Wildman–Crippen MR) is 130 cm³/mol. The molecule has 7 nitrogen and oxygen atoms in total. The number of esters is 1. The molecule has 0 spiro atoms. The molecule has 34 heavy (non-hydrogen) atoms. The number of rotatable bonds is 13. The van der Waals surface area contributed by atoms with E-state index in [9.17, 15) is 19.8 Å². The molecule has 2 aromatic carbocycles. The number of phenols is 2. The zero-order valence-corrected chi connectivity index (χ0v) is 20.7.